The number of hydrogen-bond donors (Lipinski definition) is 1. The normalized spacial score (nSPS) is 30.3. The molecule has 0 aromatic carbocycles. The fraction of sp³-hybridized carbons (Fsp3) is 0.808. The minimum atomic E-state index is -1.95. The smallest absolute Gasteiger partial charge is 0.333 e. The lowest BCUT2D eigenvalue weighted by Crippen LogP contribution is -2.44. The van der Waals surface area contributed by atoms with Crippen molar-refractivity contribution in [1.29, 1.82) is 0 Å². The van der Waals surface area contributed by atoms with E-state index in [-0.39, 0.29) is 35.4 Å². The van der Waals surface area contributed by atoms with Crippen molar-refractivity contribution in [2.75, 3.05) is 13.2 Å². The van der Waals surface area contributed by atoms with Crippen molar-refractivity contribution in [3.63, 3.8) is 0 Å². The zero-order chi connectivity index (χ0) is 24.6. The van der Waals surface area contributed by atoms with E-state index in [1.807, 2.05) is 32.1 Å². The molecule has 33 heavy (non-hydrogen) atoms. The first-order valence-electron chi connectivity index (χ1n) is 12.5. The van der Waals surface area contributed by atoms with Gasteiger partial charge in [0, 0.05) is 37.9 Å². The van der Waals surface area contributed by atoms with Gasteiger partial charge in [-0.1, -0.05) is 45.1 Å². The van der Waals surface area contributed by atoms with Crippen molar-refractivity contribution in [3.8, 4) is 0 Å². The molecule has 1 aliphatic carbocycles. The lowest BCUT2D eigenvalue weighted by molar-refractivity contribution is -0.198. The summed E-state index contributed by atoms with van der Waals surface area (Å²) >= 11 is 0. The van der Waals surface area contributed by atoms with Crippen LogP contribution in [0.5, 0.6) is 0 Å². The van der Waals surface area contributed by atoms with Crippen LogP contribution >= 0.6 is 0 Å². The average Bonchev–Trinajstić information content (AvgIpc) is 3.05. The van der Waals surface area contributed by atoms with Gasteiger partial charge in [-0.05, 0) is 51.2 Å². The molecule has 6 atom stereocenters. The standard InChI is InChI=1S/C26H46O6Si/c1-8-10-14-21(25(27)28)31-22-17-23(32-24-15-11-12-16-29-24)20(19(22)13-9-2)18-30-33(6,7)26(3,4)5/h8-10,13,19-24H,11-12,14-18H2,1-7H3,(H,27,28)/t19-,20-,21-,22+,23-,24?/m1/s1. The fourth-order valence-electron chi connectivity index (χ4n) is 4.31. The maximum Gasteiger partial charge on any atom is 0.333 e. The number of carboxylic acid groups (broad SMARTS) is 1. The predicted molar refractivity (Wildman–Crippen MR) is 134 cm³/mol. The van der Waals surface area contributed by atoms with Gasteiger partial charge in [-0.25, -0.2) is 4.79 Å². The number of carboxylic acids is 1. The first-order valence-corrected chi connectivity index (χ1v) is 15.4. The first-order chi connectivity index (χ1) is 15.5. The molecule has 7 heteroatoms. The van der Waals surface area contributed by atoms with Crippen LogP contribution in [0.15, 0.2) is 24.3 Å². The summed E-state index contributed by atoms with van der Waals surface area (Å²) in [4.78, 5) is 11.9. The Morgan fingerprint density at radius 3 is 2.45 bits per heavy atom. The first kappa shape index (κ1) is 28.2. The van der Waals surface area contributed by atoms with Gasteiger partial charge >= 0.3 is 5.97 Å². The summed E-state index contributed by atoms with van der Waals surface area (Å²) in [6, 6.07) is 0. The molecule has 1 saturated heterocycles. The van der Waals surface area contributed by atoms with Crippen molar-refractivity contribution in [2.24, 2.45) is 11.8 Å². The van der Waals surface area contributed by atoms with Gasteiger partial charge in [0.1, 0.15) is 0 Å². The minimum absolute atomic E-state index is 0.0285. The summed E-state index contributed by atoms with van der Waals surface area (Å²) in [6.07, 6.45) is 10.5. The number of carbonyl (C=O) groups is 1. The highest BCUT2D eigenvalue weighted by atomic mass is 28.4. The Morgan fingerprint density at radius 1 is 1.18 bits per heavy atom. The van der Waals surface area contributed by atoms with E-state index < -0.39 is 20.4 Å². The largest absolute Gasteiger partial charge is 0.479 e. The summed E-state index contributed by atoms with van der Waals surface area (Å²) in [5, 5.41) is 9.83. The molecule has 1 aliphatic heterocycles. The quantitative estimate of drug-likeness (QED) is 0.290. The topological polar surface area (TPSA) is 74.2 Å². The van der Waals surface area contributed by atoms with E-state index in [2.05, 4.69) is 39.9 Å². The Hall–Kier alpha value is -0.993. The lowest BCUT2D eigenvalue weighted by Gasteiger charge is -2.38. The third-order valence-corrected chi connectivity index (χ3v) is 11.9. The molecule has 2 fully saturated rings. The molecule has 1 N–H and O–H groups in total. The van der Waals surface area contributed by atoms with Crippen molar-refractivity contribution in [1.82, 2.24) is 0 Å². The number of hydrogen-bond acceptors (Lipinski definition) is 5. The molecule has 0 spiro atoms. The highest BCUT2D eigenvalue weighted by Crippen LogP contribution is 2.42. The number of aliphatic carboxylic acids is 1. The zero-order valence-corrected chi connectivity index (χ0v) is 22.7. The molecule has 1 saturated carbocycles. The van der Waals surface area contributed by atoms with Gasteiger partial charge < -0.3 is 23.7 Å². The molecule has 0 aromatic rings. The van der Waals surface area contributed by atoms with Crippen LogP contribution in [0.25, 0.3) is 0 Å². The number of rotatable bonds is 11. The Bertz CT molecular complexity index is 662. The highest BCUT2D eigenvalue weighted by molar-refractivity contribution is 6.74. The zero-order valence-electron chi connectivity index (χ0n) is 21.7. The maximum absolute atomic E-state index is 11.9. The molecule has 0 bridgehead atoms. The summed E-state index contributed by atoms with van der Waals surface area (Å²) in [7, 11) is -1.95. The van der Waals surface area contributed by atoms with E-state index in [1.165, 1.54) is 0 Å². The molecule has 6 nitrogen and oxygen atoms in total. The lowest BCUT2D eigenvalue weighted by atomic mass is 9.93. The van der Waals surface area contributed by atoms with Gasteiger partial charge in [0.05, 0.1) is 12.2 Å². The van der Waals surface area contributed by atoms with E-state index >= 15 is 0 Å². The number of ether oxygens (including phenoxy) is 3. The summed E-state index contributed by atoms with van der Waals surface area (Å²) < 4.78 is 25.2. The third kappa shape index (κ3) is 8.03. The van der Waals surface area contributed by atoms with Crippen LogP contribution in [0.4, 0.5) is 0 Å². The Kier molecular flexibility index (Phi) is 10.8. The van der Waals surface area contributed by atoms with E-state index in [0.717, 1.165) is 25.9 Å². The molecule has 0 aromatic heterocycles. The van der Waals surface area contributed by atoms with Crippen LogP contribution in [0.2, 0.25) is 18.1 Å². The second-order valence-corrected chi connectivity index (χ2v) is 15.7. The van der Waals surface area contributed by atoms with Crippen LogP contribution in [-0.4, -0.2) is 57.2 Å². The van der Waals surface area contributed by atoms with Gasteiger partial charge in [-0.2, -0.15) is 0 Å². The maximum atomic E-state index is 11.9. The monoisotopic (exact) mass is 482 g/mol. The molecule has 0 amide bonds. The summed E-state index contributed by atoms with van der Waals surface area (Å²) in [5.41, 5.74) is 0. The van der Waals surface area contributed by atoms with Crippen LogP contribution in [-0.2, 0) is 23.4 Å². The molecule has 1 heterocycles. The second-order valence-electron chi connectivity index (χ2n) is 10.9. The van der Waals surface area contributed by atoms with Crippen LogP contribution in [0.3, 0.4) is 0 Å². The Morgan fingerprint density at radius 2 is 1.91 bits per heavy atom. The van der Waals surface area contributed by atoms with Crippen LogP contribution < -0.4 is 0 Å². The van der Waals surface area contributed by atoms with Gasteiger partial charge in [0.25, 0.3) is 0 Å². The molecule has 190 valence electrons. The van der Waals surface area contributed by atoms with E-state index in [0.29, 0.717) is 19.4 Å². The summed E-state index contributed by atoms with van der Waals surface area (Å²) in [6.45, 7) is 16.4. The minimum Gasteiger partial charge on any atom is -0.479 e. The molecule has 1 unspecified atom stereocenters. The van der Waals surface area contributed by atoms with Crippen molar-refractivity contribution in [3.05, 3.63) is 24.3 Å². The van der Waals surface area contributed by atoms with E-state index in [1.54, 1.807) is 0 Å². The van der Waals surface area contributed by atoms with Crippen molar-refractivity contribution in [2.45, 2.75) is 109 Å². The molecular weight excluding hydrogens is 436 g/mol. The van der Waals surface area contributed by atoms with Gasteiger partial charge in [0.2, 0.25) is 0 Å². The van der Waals surface area contributed by atoms with Crippen LogP contribution in [0, 0.1) is 11.8 Å². The van der Waals surface area contributed by atoms with E-state index in [4.69, 9.17) is 18.6 Å². The van der Waals surface area contributed by atoms with Crippen molar-refractivity contribution >= 4 is 14.3 Å². The number of allylic oxidation sites excluding steroid dienone is 2. The second kappa shape index (κ2) is 12.6. The van der Waals surface area contributed by atoms with Crippen LogP contribution in [0.1, 0.15) is 66.7 Å². The Balaban J connectivity index is 2.25. The fourth-order valence-corrected chi connectivity index (χ4v) is 5.36. The predicted octanol–water partition coefficient (Wildman–Crippen LogP) is 5.94. The third-order valence-electron chi connectivity index (χ3n) is 7.39. The highest BCUT2D eigenvalue weighted by Gasteiger charge is 2.47. The molecule has 2 rings (SSSR count). The SMILES string of the molecule is CC=CC[C@@H](O[C@H]1C[C@@H](OC2CCCCO2)[C@H](CO[Si](C)(C)C(C)(C)C)[C@H]1C=CC)C(=O)O. The van der Waals surface area contributed by atoms with Gasteiger partial charge in [-0.15, -0.1) is 0 Å². The molecule has 2 aliphatic rings. The van der Waals surface area contributed by atoms with Gasteiger partial charge in [-0.3, -0.25) is 0 Å². The molecule has 0 radical (unpaired) electrons. The van der Waals surface area contributed by atoms with Gasteiger partial charge in [0.15, 0.2) is 20.7 Å². The average molecular weight is 483 g/mol. The summed E-state index contributed by atoms with van der Waals surface area (Å²) in [5.74, 6) is -0.816. The van der Waals surface area contributed by atoms with E-state index in [9.17, 15) is 9.90 Å². The Labute approximate surface area is 201 Å². The molecular formula is C26H46O6Si. The van der Waals surface area contributed by atoms with Crippen molar-refractivity contribution < 1.29 is 28.5 Å².